The van der Waals surface area contributed by atoms with Crippen LogP contribution in [0.1, 0.15) is 33.9 Å². The molecule has 3 rings (SSSR count). The van der Waals surface area contributed by atoms with Crippen LogP contribution in [-0.2, 0) is 29.5 Å². The molecule has 6 nitrogen and oxygen atoms in total. The average molecular weight is 341 g/mol. The van der Waals surface area contributed by atoms with Crippen LogP contribution in [-0.4, -0.2) is 40.9 Å². The van der Waals surface area contributed by atoms with Gasteiger partial charge < -0.3 is 5.11 Å². The highest BCUT2D eigenvalue weighted by Crippen LogP contribution is 2.40. The zero-order valence-electron chi connectivity index (χ0n) is 12.6. The predicted molar refractivity (Wildman–Crippen MR) is 85.7 cm³/mol. The highest BCUT2D eigenvalue weighted by atomic mass is 32.2. The number of aromatic hydroxyl groups is 1. The Hall–Kier alpha value is -1.38. The van der Waals surface area contributed by atoms with Crippen LogP contribution in [0.3, 0.4) is 0 Å². The first-order valence-electron chi connectivity index (χ1n) is 7.18. The lowest BCUT2D eigenvalue weighted by Crippen LogP contribution is -2.29. The normalized spacial score (nSPS) is 15.2. The van der Waals surface area contributed by atoms with Gasteiger partial charge in [0.15, 0.2) is 0 Å². The zero-order chi connectivity index (χ0) is 15.9. The Morgan fingerprint density at radius 3 is 2.77 bits per heavy atom. The van der Waals surface area contributed by atoms with E-state index in [1.165, 1.54) is 29.3 Å². The summed E-state index contributed by atoms with van der Waals surface area (Å²) in [6.07, 6.45) is 7.38. The van der Waals surface area contributed by atoms with Gasteiger partial charge in [-0.25, -0.2) is 8.96 Å². The third kappa shape index (κ3) is 2.55. The smallest absolute Gasteiger partial charge is 0.308 e. The van der Waals surface area contributed by atoms with Gasteiger partial charge in [0.2, 0.25) is 0 Å². The van der Waals surface area contributed by atoms with Gasteiger partial charge in [0.1, 0.15) is 12.1 Å². The molecule has 0 atom stereocenters. The van der Waals surface area contributed by atoms with Crippen LogP contribution >= 0.6 is 11.3 Å². The average Bonchev–Trinajstić information content (AvgIpc) is 3.06. The van der Waals surface area contributed by atoms with Gasteiger partial charge in [0.05, 0.1) is 10.6 Å². The van der Waals surface area contributed by atoms with Gasteiger partial charge in [-0.3, -0.25) is 0 Å². The number of fused-ring (bicyclic) bond motifs is 1. The molecule has 8 heteroatoms. The summed E-state index contributed by atoms with van der Waals surface area (Å²) in [5.74, 6) is 0.342. The van der Waals surface area contributed by atoms with Crippen molar-refractivity contribution in [3.8, 4) is 5.75 Å². The van der Waals surface area contributed by atoms with E-state index in [0.717, 1.165) is 40.4 Å². The molecule has 0 saturated heterocycles. The van der Waals surface area contributed by atoms with Crippen molar-refractivity contribution in [2.75, 3.05) is 14.1 Å². The lowest BCUT2D eigenvalue weighted by atomic mass is 9.98. The number of hydrogen-bond acceptors (Lipinski definition) is 5. The van der Waals surface area contributed by atoms with Gasteiger partial charge in [-0.15, -0.1) is 11.3 Å². The van der Waals surface area contributed by atoms with Crippen LogP contribution in [0.5, 0.6) is 5.75 Å². The Morgan fingerprint density at radius 2 is 2.09 bits per heavy atom. The molecule has 0 aliphatic heterocycles. The van der Waals surface area contributed by atoms with Crippen LogP contribution < -0.4 is 0 Å². The summed E-state index contributed by atoms with van der Waals surface area (Å²) in [6.45, 7) is 0. The molecule has 2 heterocycles. The molecule has 0 amide bonds. The highest BCUT2D eigenvalue weighted by Gasteiger charge is 2.24. The number of aryl methyl sites for hydroxylation is 1. The molecular formula is C14H19N3O3S2. The van der Waals surface area contributed by atoms with Crippen molar-refractivity contribution in [1.82, 2.24) is 13.3 Å². The van der Waals surface area contributed by atoms with Crippen LogP contribution in [0.2, 0.25) is 0 Å². The first-order chi connectivity index (χ1) is 10.4. The molecule has 1 aliphatic carbocycles. The van der Waals surface area contributed by atoms with E-state index in [2.05, 4.69) is 4.98 Å². The summed E-state index contributed by atoms with van der Waals surface area (Å²) in [6, 6.07) is 0. The van der Waals surface area contributed by atoms with Crippen molar-refractivity contribution in [2.45, 2.75) is 32.1 Å². The SMILES string of the molecule is CN(C)S(=O)(=O)n1cncc1Cc1sc2c(c1O)CCCC2. The maximum absolute atomic E-state index is 12.3. The Bertz CT molecular complexity index is 790. The van der Waals surface area contributed by atoms with E-state index in [1.807, 2.05) is 0 Å². The van der Waals surface area contributed by atoms with Gasteiger partial charge >= 0.3 is 10.2 Å². The lowest BCUT2D eigenvalue weighted by Gasteiger charge is -2.14. The third-order valence-corrected chi connectivity index (χ3v) is 6.97. The molecule has 1 N–H and O–H groups in total. The van der Waals surface area contributed by atoms with Crippen molar-refractivity contribution in [3.05, 3.63) is 33.5 Å². The molecule has 0 aromatic carbocycles. The Balaban J connectivity index is 1.96. The fraction of sp³-hybridized carbons (Fsp3) is 0.500. The lowest BCUT2D eigenvalue weighted by molar-refractivity contribution is 0.461. The molecule has 22 heavy (non-hydrogen) atoms. The summed E-state index contributed by atoms with van der Waals surface area (Å²) in [7, 11) is -0.616. The van der Waals surface area contributed by atoms with Gasteiger partial charge in [-0.1, -0.05) is 0 Å². The first-order valence-corrected chi connectivity index (χ1v) is 9.39. The maximum atomic E-state index is 12.3. The second kappa shape index (κ2) is 5.68. The second-order valence-corrected chi connectivity index (χ2v) is 8.84. The molecule has 0 fully saturated rings. The van der Waals surface area contributed by atoms with Crippen LogP contribution in [0.15, 0.2) is 12.5 Å². The van der Waals surface area contributed by atoms with Gasteiger partial charge in [0, 0.05) is 37.2 Å². The number of nitrogens with zero attached hydrogens (tertiary/aromatic N) is 3. The van der Waals surface area contributed by atoms with Gasteiger partial charge in [-0.2, -0.15) is 12.7 Å². The minimum absolute atomic E-state index is 0.342. The Kier molecular flexibility index (Phi) is 4.00. The number of aromatic nitrogens is 2. The van der Waals surface area contributed by atoms with E-state index >= 15 is 0 Å². The molecular weight excluding hydrogens is 322 g/mol. The summed E-state index contributed by atoms with van der Waals surface area (Å²) < 4.78 is 26.9. The summed E-state index contributed by atoms with van der Waals surface area (Å²) in [5.41, 5.74) is 1.61. The molecule has 2 aromatic rings. The van der Waals surface area contributed by atoms with Crippen molar-refractivity contribution in [3.63, 3.8) is 0 Å². The van der Waals surface area contributed by atoms with Crippen LogP contribution in [0, 0.1) is 0 Å². The van der Waals surface area contributed by atoms with E-state index in [1.54, 1.807) is 17.5 Å². The van der Waals surface area contributed by atoms with E-state index in [-0.39, 0.29) is 0 Å². The summed E-state index contributed by atoms with van der Waals surface area (Å²) in [4.78, 5) is 6.02. The second-order valence-electron chi connectivity index (χ2n) is 5.63. The minimum Gasteiger partial charge on any atom is -0.506 e. The number of hydrogen-bond donors (Lipinski definition) is 1. The monoisotopic (exact) mass is 341 g/mol. The largest absolute Gasteiger partial charge is 0.506 e. The Labute approximate surface area is 134 Å². The highest BCUT2D eigenvalue weighted by molar-refractivity contribution is 7.87. The van der Waals surface area contributed by atoms with E-state index < -0.39 is 10.2 Å². The van der Waals surface area contributed by atoms with Gasteiger partial charge in [-0.05, 0) is 25.7 Å². The quantitative estimate of drug-likeness (QED) is 0.920. The van der Waals surface area contributed by atoms with Crippen LogP contribution in [0.4, 0.5) is 0 Å². The third-order valence-electron chi connectivity index (χ3n) is 3.94. The predicted octanol–water partition coefficient (Wildman–Crippen LogP) is 1.77. The molecule has 0 saturated carbocycles. The number of thiophene rings is 1. The topological polar surface area (TPSA) is 75.4 Å². The number of rotatable bonds is 4. The fourth-order valence-corrected chi connectivity index (χ4v) is 4.95. The summed E-state index contributed by atoms with van der Waals surface area (Å²) in [5, 5.41) is 10.4. The van der Waals surface area contributed by atoms with Gasteiger partial charge in [0.25, 0.3) is 0 Å². The van der Waals surface area contributed by atoms with Crippen molar-refractivity contribution in [1.29, 1.82) is 0 Å². The molecule has 2 aromatic heterocycles. The van der Waals surface area contributed by atoms with Crippen molar-refractivity contribution in [2.24, 2.45) is 0 Å². The minimum atomic E-state index is -3.59. The Morgan fingerprint density at radius 1 is 1.36 bits per heavy atom. The molecule has 0 spiro atoms. The zero-order valence-corrected chi connectivity index (χ0v) is 14.2. The van der Waals surface area contributed by atoms with Crippen molar-refractivity contribution >= 4 is 21.5 Å². The molecule has 1 aliphatic rings. The fourth-order valence-electron chi connectivity index (χ4n) is 2.71. The van der Waals surface area contributed by atoms with E-state index in [9.17, 15) is 13.5 Å². The molecule has 120 valence electrons. The first kappa shape index (κ1) is 15.5. The number of imidazole rings is 1. The van der Waals surface area contributed by atoms with E-state index in [4.69, 9.17) is 0 Å². The maximum Gasteiger partial charge on any atom is 0.308 e. The summed E-state index contributed by atoms with van der Waals surface area (Å²) >= 11 is 1.59. The molecule has 0 unspecified atom stereocenters. The van der Waals surface area contributed by atoms with Crippen molar-refractivity contribution < 1.29 is 13.5 Å². The van der Waals surface area contributed by atoms with Crippen LogP contribution in [0.25, 0.3) is 0 Å². The van der Waals surface area contributed by atoms with E-state index in [0.29, 0.717) is 17.9 Å². The standard InChI is InChI=1S/C14H19N3O3S2/c1-16(2)22(19,20)17-9-15-8-10(17)7-13-14(18)11-5-3-4-6-12(11)21-13/h8-9,18H,3-7H2,1-2H3. The molecule has 0 radical (unpaired) electrons. The molecule has 0 bridgehead atoms.